The molecule has 50 valence electrons. The van der Waals surface area contributed by atoms with Crippen molar-refractivity contribution in [2.75, 3.05) is 0 Å². The Labute approximate surface area is 53.1 Å². The highest BCUT2D eigenvalue weighted by Gasteiger charge is 2.06. The fourth-order valence-corrected chi connectivity index (χ4v) is 0.518. The van der Waals surface area contributed by atoms with Gasteiger partial charge < -0.3 is 10.2 Å². The molecule has 0 fully saturated rings. The van der Waals surface area contributed by atoms with E-state index in [-0.39, 0.29) is 6.04 Å². The van der Waals surface area contributed by atoms with E-state index in [0.29, 0.717) is 5.89 Å². The number of nitrogens with two attached hydrogens (primary N) is 1. The summed E-state index contributed by atoms with van der Waals surface area (Å²) in [5.41, 5.74) is 5.54. The van der Waals surface area contributed by atoms with Gasteiger partial charge in [-0.15, -0.1) is 10.2 Å². The molecule has 4 heteroatoms. The van der Waals surface area contributed by atoms with Gasteiger partial charge >= 0.3 is 0 Å². The average Bonchev–Trinajstić information content (AvgIpc) is 2.37. The van der Waals surface area contributed by atoms with E-state index in [1.165, 1.54) is 6.39 Å². The van der Waals surface area contributed by atoms with Crippen molar-refractivity contribution < 1.29 is 4.42 Å². The predicted molar refractivity (Wildman–Crippen MR) is 31.5 cm³/mol. The summed E-state index contributed by atoms with van der Waals surface area (Å²) in [6, 6.07) is -0.104. The lowest BCUT2D eigenvalue weighted by Crippen LogP contribution is -2.08. The largest absolute Gasteiger partial charge is 0.426 e. The van der Waals surface area contributed by atoms with Crippen LogP contribution in [0.15, 0.2) is 10.8 Å². The van der Waals surface area contributed by atoms with E-state index in [9.17, 15) is 0 Å². The second kappa shape index (κ2) is 2.59. The summed E-state index contributed by atoms with van der Waals surface area (Å²) < 4.78 is 4.84. The summed E-state index contributed by atoms with van der Waals surface area (Å²) in [6.07, 6.45) is 2.10. The van der Waals surface area contributed by atoms with Crippen molar-refractivity contribution >= 4 is 0 Å². The first kappa shape index (κ1) is 6.22. The Bertz CT molecular complexity index is 161. The Kier molecular flexibility index (Phi) is 1.79. The third-order valence-electron chi connectivity index (χ3n) is 1.13. The number of rotatable bonds is 2. The monoisotopic (exact) mass is 127 g/mol. The van der Waals surface area contributed by atoms with Crippen LogP contribution in [0.25, 0.3) is 0 Å². The van der Waals surface area contributed by atoms with Crippen molar-refractivity contribution in [3.8, 4) is 0 Å². The molecule has 0 aliphatic rings. The maximum atomic E-state index is 5.54. The molecule has 0 radical (unpaired) electrons. The molecule has 9 heavy (non-hydrogen) atoms. The zero-order valence-electron chi connectivity index (χ0n) is 5.24. The molecule has 0 saturated heterocycles. The van der Waals surface area contributed by atoms with Crippen molar-refractivity contribution in [3.05, 3.63) is 12.3 Å². The van der Waals surface area contributed by atoms with Gasteiger partial charge in [0.1, 0.15) is 0 Å². The van der Waals surface area contributed by atoms with Gasteiger partial charge in [0, 0.05) is 0 Å². The highest BCUT2D eigenvalue weighted by molar-refractivity contribution is 4.81. The van der Waals surface area contributed by atoms with E-state index < -0.39 is 0 Å². The van der Waals surface area contributed by atoms with E-state index in [4.69, 9.17) is 10.2 Å². The lowest BCUT2D eigenvalue weighted by Gasteiger charge is -1.98. The van der Waals surface area contributed by atoms with Gasteiger partial charge in [-0.25, -0.2) is 0 Å². The molecule has 0 saturated carbocycles. The molecule has 0 unspecified atom stereocenters. The molecule has 1 aromatic rings. The van der Waals surface area contributed by atoms with E-state index in [2.05, 4.69) is 10.2 Å². The van der Waals surface area contributed by atoms with Gasteiger partial charge in [0.05, 0.1) is 6.04 Å². The first-order valence-corrected chi connectivity index (χ1v) is 2.86. The minimum atomic E-state index is -0.104. The second-order valence-electron chi connectivity index (χ2n) is 1.79. The Morgan fingerprint density at radius 3 is 3.11 bits per heavy atom. The van der Waals surface area contributed by atoms with E-state index >= 15 is 0 Å². The smallest absolute Gasteiger partial charge is 0.232 e. The molecular formula is C5H9N3O. The molecule has 4 nitrogen and oxygen atoms in total. The quantitative estimate of drug-likeness (QED) is 0.627. The van der Waals surface area contributed by atoms with Crippen molar-refractivity contribution in [2.24, 2.45) is 5.73 Å². The fraction of sp³-hybridized carbons (Fsp3) is 0.600. The summed E-state index contributed by atoms with van der Waals surface area (Å²) in [7, 11) is 0. The van der Waals surface area contributed by atoms with Crippen LogP contribution in [-0.4, -0.2) is 10.2 Å². The molecule has 1 rings (SSSR count). The minimum Gasteiger partial charge on any atom is -0.426 e. The number of nitrogens with zero attached hydrogens (tertiary/aromatic N) is 2. The van der Waals surface area contributed by atoms with Gasteiger partial charge in [-0.1, -0.05) is 6.92 Å². The molecule has 0 aliphatic heterocycles. The zero-order chi connectivity index (χ0) is 6.69. The van der Waals surface area contributed by atoms with Gasteiger partial charge in [0.2, 0.25) is 12.3 Å². The molecule has 0 bridgehead atoms. The second-order valence-corrected chi connectivity index (χ2v) is 1.79. The minimum absolute atomic E-state index is 0.104. The summed E-state index contributed by atoms with van der Waals surface area (Å²) in [5.74, 6) is 0.512. The molecule has 1 heterocycles. The van der Waals surface area contributed by atoms with Gasteiger partial charge in [0.15, 0.2) is 0 Å². The van der Waals surface area contributed by atoms with Crippen LogP contribution in [0.4, 0.5) is 0 Å². The van der Waals surface area contributed by atoms with Crippen LogP contribution in [0.2, 0.25) is 0 Å². The highest BCUT2D eigenvalue weighted by atomic mass is 16.4. The summed E-state index contributed by atoms with van der Waals surface area (Å²) in [5, 5.41) is 7.14. The average molecular weight is 127 g/mol. The number of aromatic nitrogens is 2. The molecule has 2 N–H and O–H groups in total. The molecular weight excluding hydrogens is 118 g/mol. The molecule has 1 atom stereocenters. The maximum Gasteiger partial charge on any atom is 0.232 e. The summed E-state index contributed by atoms with van der Waals surface area (Å²) in [4.78, 5) is 0. The number of hydrogen-bond donors (Lipinski definition) is 1. The van der Waals surface area contributed by atoms with Gasteiger partial charge in [-0.3, -0.25) is 0 Å². The van der Waals surface area contributed by atoms with Crippen LogP contribution < -0.4 is 5.73 Å². The van der Waals surface area contributed by atoms with Crippen LogP contribution >= 0.6 is 0 Å². The third-order valence-corrected chi connectivity index (χ3v) is 1.13. The van der Waals surface area contributed by atoms with Crippen molar-refractivity contribution in [1.29, 1.82) is 0 Å². The zero-order valence-corrected chi connectivity index (χ0v) is 5.24. The fourth-order valence-electron chi connectivity index (χ4n) is 0.518. The lowest BCUT2D eigenvalue weighted by atomic mass is 10.2. The van der Waals surface area contributed by atoms with E-state index in [1.807, 2.05) is 6.92 Å². The topological polar surface area (TPSA) is 64.9 Å². The van der Waals surface area contributed by atoms with Crippen LogP contribution in [0.1, 0.15) is 25.3 Å². The van der Waals surface area contributed by atoms with Crippen LogP contribution in [-0.2, 0) is 0 Å². The Hall–Kier alpha value is -0.900. The van der Waals surface area contributed by atoms with Gasteiger partial charge in [-0.2, -0.15) is 0 Å². The molecule has 0 amide bonds. The maximum absolute atomic E-state index is 5.54. The predicted octanol–water partition coefficient (Wildman–Crippen LogP) is 0.479. The van der Waals surface area contributed by atoms with E-state index in [1.54, 1.807) is 0 Å². The van der Waals surface area contributed by atoms with E-state index in [0.717, 1.165) is 6.42 Å². The molecule has 0 aliphatic carbocycles. The third kappa shape index (κ3) is 1.26. The SMILES string of the molecule is CC[C@@H](N)c1nnco1. The van der Waals surface area contributed by atoms with Gasteiger partial charge in [-0.05, 0) is 6.42 Å². The normalized spacial score (nSPS) is 13.6. The van der Waals surface area contributed by atoms with Crippen molar-refractivity contribution in [1.82, 2.24) is 10.2 Å². The Morgan fingerprint density at radius 2 is 2.67 bits per heavy atom. The Balaban J connectivity index is 2.65. The Morgan fingerprint density at radius 1 is 1.89 bits per heavy atom. The molecule has 0 spiro atoms. The van der Waals surface area contributed by atoms with Crippen molar-refractivity contribution in [2.45, 2.75) is 19.4 Å². The van der Waals surface area contributed by atoms with Crippen LogP contribution in [0.5, 0.6) is 0 Å². The summed E-state index contributed by atoms with van der Waals surface area (Å²) in [6.45, 7) is 1.97. The summed E-state index contributed by atoms with van der Waals surface area (Å²) >= 11 is 0. The highest BCUT2D eigenvalue weighted by Crippen LogP contribution is 2.07. The first-order valence-electron chi connectivity index (χ1n) is 2.86. The van der Waals surface area contributed by atoms with Gasteiger partial charge in [0.25, 0.3) is 0 Å². The first-order chi connectivity index (χ1) is 4.34. The molecule has 1 aromatic heterocycles. The van der Waals surface area contributed by atoms with Crippen LogP contribution in [0.3, 0.4) is 0 Å². The van der Waals surface area contributed by atoms with Crippen molar-refractivity contribution in [3.63, 3.8) is 0 Å². The molecule has 0 aromatic carbocycles. The lowest BCUT2D eigenvalue weighted by molar-refractivity contribution is 0.443. The standard InChI is InChI=1S/C5H9N3O/c1-2-4(6)5-8-7-3-9-5/h3-4H,2,6H2,1H3/t4-/m1/s1. The van der Waals surface area contributed by atoms with Crippen LogP contribution in [0, 0.1) is 0 Å². The number of hydrogen-bond acceptors (Lipinski definition) is 4.